The molecule has 0 radical (unpaired) electrons. The molecular weight excluding hydrogens is 214 g/mol. The standard InChI is InChI=1S/C10H14ClN3O/c1-7(12)4-5-13-10(15)9-3-2-8(11)6-14-9/h2-3,6-7H,4-5,12H2,1H3,(H,13,15). The average Bonchev–Trinajstić information content (AvgIpc) is 2.18. The van der Waals surface area contributed by atoms with Gasteiger partial charge in [0.25, 0.3) is 5.91 Å². The summed E-state index contributed by atoms with van der Waals surface area (Å²) in [5.74, 6) is -0.202. The number of hydrogen-bond acceptors (Lipinski definition) is 3. The summed E-state index contributed by atoms with van der Waals surface area (Å²) in [5.41, 5.74) is 5.92. The summed E-state index contributed by atoms with van der Waals surface area (Å²) < 4.78 is 0. The Morgan fingerprint density at radius 1 is 1.67 bits per heavy atom. The number of pyridine rings is 1. The molecule has 0 saturated carbocycles. The minimum absolute atomic E-state index is 0.0866. The van der Waals surface area contributed by atoms with Crippen LogP contribution in [0.4, 0.5) is 0 Å². The van der Waals surface area contributed by atoms with Gasteiger partial charge in [-0.1, -0.05) is 11.6 Å². The molecule has 0 fully saturated rings. The topological polar surface area (TPSA) is 68.0 Å². The van der Waals surface area contributed by atoms with Crippen molar-refractivity contribution in [3.63, 3.8) is 0 Å². The smallest absolute Gasteiger partial charge is 0.269 e. The quantitative estimate of drug-likeness (QED) is 0.812. The molecule has 1 unspecified atom stereocenters. The molecule has 15 heavy (non-hydrogen) atoms. The molecule has 5 heteroatoms. The van der Waals surface area contributed by atoms with Crippen LogP contribution in [0.2, 0.25) is 5.02 Å². The van der Waals surface area contributed by atoms with E-state index in [-0.39, 0.29) is 11.9 Å². The second-order valence-electron chi connectivity index (χ2n) is 3.38. The Morgan fingerprint density at radius 2 is 2.40 bits per heavy atom. The van der Waals surface area contributed by atoms with Crippen LogP contribution in [0.3, 0.4) is 0 Å². The molecule has 0 spiro atoms. The highest BCUT2D eigenvalue weighted by Crippen LogP contribution is 2.05. The van der Waals surface area contributed by atoms with Gasteiger partial charge in [-0.2, -0.15) is 0 Å². The van der Waals surface area contributed by atoms with Crippen molar-refractivity contribution in [3.8, 4) is 0 Å². The Balaban J connectivity index is 2.43. The lowest BCUT2D eigenvalue weighted by Crippen LogP contribution is -2.29. The minimum atomic E-state index is -0.202. The van der Waals surface area contributed by atoms with Crippen LogP contribution >= 0.6 is 11.6 Å². The van der Waals surface area contributed by atoms with Crippen LogP contribution in [0, 0.1) is 0 Å². The highest BCUT2D eigenvalue weighted by Gasteiger charge is 2.05. The van der Waals surface area contributed by atoms with Crippen LogP contribution < -0.4 is 11.1 Å². The molecule has 0 aliphatic rings. The van der Waals surface area contributed by atoms with Crippen LogP contribution in [-0.4, -0.2) is 23.5 Å². The summed E-state index contributed by atoms with van der Waals surface area (Å²) in [6.07, 6.45) is 2.20. The van der Waals surface area contributed by atoms with Gasteiger partial charge in [0.1, 0.15) is 5.69 Å². The van der Waals surface area contributed by atoms with Crippen molar-refractivity contribution in [1.29, 1.82) is 0 Å². The molecule has 1 amide bonds. The highest BCUT2D eigenvalue weighted by atomic mass is 35.5. The summed E-state index contributed by atoms with van der Waals surface area (Å²) in [7, 11) is 0. The van der Waals surface area contributed by atoms with Gasteiger partial charge >= 0.3 is 0 Å². The molecule has 3 N–H and O–H groups in total. The summed E-state index contributed by atoms with van der Waals surface area (Å²) in [6, 6.07) is 3.31. The molecule has 4 nitrogen and oxygen atoms in total. The molecule has 0 aliphatic carbocycles. The van der Waals surface area contributed by atoms with Crippen molar-refractivity contribution in [3.05, 3.63) is 29.0 Å². The SMILES string of the molecule is CC(N)CCNC(=O)c1ccc(Cl)cn1. The highest BCUT2D eigenvalue weighted by molar-refractivity contribution is 6.30. The monoisotopic (exact) mass is 227 g/mol. The zero-order valence-corrected chi connectivity index (χ0v) is 9.29. The van der Waals surface area contributed by atoms with Gasteiger partial charge in [0.2, 0.25) is 0 Å². The average molecular weight is 228 g/mol. The van der Waals surface area contributed by atoms with Crippen LogP contribution in [0.1, 0.15) is 23.8 Å². The number of carbonyl (C=O) groups excluding carboxylic acids is 1. The summed E-state index contributed by atoms with van der Waals surface area (Å²) in [4.78, 5) is 15.4. The number of rotatable bonds is 4. The van der Waals surface area contributed by atoms with E-state index < -0.39 is 0 Å². The van der Waals surface area contributed by atoms with Gasteiger partial charge < -0.3 is 11.1 Å². The van der Waals surface area contributed by atoms with Crippen molar-refractivity contribution < 1.29 is 4.79 Å². The molecule has 1 heterocycles. The molecule has 0 saturated heterocycles. The van der Waals surface area contributed by atoms with Crippen molar-refractivity contribution in [1.82, 2.24) is 10.3 Å². The van der Waals surface area contributed by atoms with Gasteiger partial charge in [-0.25, -0.2) is 4.98 Å². The van der Waals surface area contributed by atoms with Gasteiger partial charge in [-0.05, 0) is 25.5 Å². The Morgan fingerprint density at radius 3 is 2.93 bits per heavy atom. The number of carbonyl (C=O) groups is 1. The maximum Gasteiger partial charge on any atom is 0.269 e. The van der Waals surface area contributed by atoms with E-state index in [2.05, 4.69) is 10.3 Å². The number of hydrogen-bond donors (Lipinski definition) is 2. The van der Waals surface area contributed by atoms with E-state index in [4.69, 9.17) is 17.3 Å². The predicted molar refractivity (Wildman–Crippen MR) is 59.8 cm³/mol. The van der Waals surface area contributed by atoms with Gasteiger partial charge in [-0.3, -0.25) is 4.79 Å². The first-order valence-electron chi connectivity index (χ1n) is 4.75. The zero-order chi connectivity index (χ0) is 11.3. The van der Waals surface area contributed by atoms with E-state index in [0.29, 0.717) is 17.3 Å². The van der Waals surface area contributed by atoms with E-state index >= 15 is 0 Å². The lowest BCUT2D eigenvalue weighted by atomic mass is 10.2. The zero-order valence-electron chi connectivity index (χ0n) is 8.53. The van der Waals surface area contributed by atoms with Crippen molar-refractivity contribution in [2.24, 2.45) is 5.73 Å². The van der Waals surface area contributed by atoms with Gasteiger partial charge in [-0.15, -0.1) is 0 Å². The lowest BCUT2D eigenvalue weighted by molar-refractivity contribution is 0.0948. The second kappa shape index (κ2) is 5.68. The third-order valence-electron chi connectivity index (χ3n) is 1.85. The normalized spacial score (nSPS) is 12.2. The fourth-order valence-corrected chi connectivity index (χ4v) is 1.13. The van der Waals surface area contributed by atoms with Crippen molar-refractivity contribution >= 4 is 17.5 Å². The molecule has 82 valence electrons. The first kappa shape index (κ1) is 11.9. The maximum absolute atomic E-state index is 11.5. The molecule has 1 rings (SSSR count). The number of aromatic nitrogens is 1. The van der Waals surface area contributed by atoms with E-state index in [1.165, 1.54) is 6.20 Å². The van der Waals surface area contributed by atoms with Gasteiger partial charge in [0.15, 0.2) is 0 Å². The van der Waals surface area contributed by atoms with E-state index in [0.717, 1.165) is 6.42 Å². The molecule has 1 atom stereocenters. The molecular formula is C10H14ClN3O. The minimum Gasteiger partial charge on any atom is -0.351 e. The Hall–Kier alpha value is -1.13. The number of nitrogens with zero attached hydrogens (tertiary/aromatic N) is 1. The second-order valence-corrected chi connectivity index (χ2v) is 3.82. The van der Waals surface area contributed by atoms with Gasteiger partial charge in [0.05, 0.1) is 5.02 Å². The predicted octanol–water partition coefficient (Wildman–Crippen LogP) is 1.20. The first-order chi connectivity index (χ1) is 7.09. The fraction of sp³-hybridized carbons (Fsp3) is 0.400. The number of halogens is 1. The molecule has 0 aromatic carbocycles. The molecule has 0 aliphatic heterocycles. The number of nitrogens with one attached hydrogen (secondary N) is 1. The lowest BCUT2D eigenvalue weighted by Gasteiger charge is -2.06. The third-order valence-corrected chi connectivity index (χ3v) is 2.07. The van der Waals surface area contributed by atoms with Crippen molar-refractivity contribution in [2.45, 2.75) is 19.4 Å². The molecule has 0 bridgehead atoms. The van der Waals surface area contributed by atoms with Crippen LogP contribution in [0.5, 0.6) is 0 Å². The van der Waals surface area contributed by atoms with E-state index in [1.54, 1.807) is 12.1 Å². The molecule has 1 aromatic rings. The number of amides is 1. The largest absolute Gasteiger partial charge is 0.351 e. The summed E-state index contributed by atoms with van der Waals surface area (Å²) in [5, 5.41) is 3.24. The maximum atomic E-state index is 11.5. The van der Waals surface area contributed by atoms with Crippen LogP contribution in [0.25, 0.3) is 0 Å². The Kier molecular flexibility index (Phi) is 4.52. The number of nitrogens with two attached hydrogens (primary N) is 1. The Labute approximate surface area is 93.8 Å². The third kappa shape index (κ3) is 4.27. The molecule has 1 aromatic heterocycles. The summed E-state index contributed by atoms with van der Waals surface area (Å²) in [6.45, 7) is 2.45. The Bertz CT molecular complexity index is 324. The first-order valence-corrected chi connectivity index (χ1v) is 5.12. The van der Waals surface area contributed by atoms with Crippen molar-refractivity contribution in [2.75, 3.05) is 6.54 Å². The van der Waals surface area contributed by atoms with Gasteiger partial charge in [0, 0.05) is 18.8 Å². The summed E-state index contributed by atoms with van der Waals surface area (Å²) >= 11 is 5.65. The van der Waals surface area contributed by atoms with E-state index in [9.17, 15) is 4.79 Å². The fourth-order valence-electron chi connectivity index (χ4n) is 1.01. The van der Waals surface area contributed by atoms with Crippen LogP contribution in [0.15, 0.2) is 18.3 Å². The van der Waals surface area contributed by atoms with E-state index in [1.807, 2.05) is 6.92 Å². The van der Waals surface area contributed by atoms with Crippen LogP contribution in [-0.2, 0) is 0 Å².